The fourth-order valence-corrected chi connectivity index (χ4v) is 3.00. The molecule has 90 valence electrons. The molecular formula is C12H18ClNOS. The van der Waals surface area contributed by atoms with E-state index in [1.165, 1.54) is 0 Å². The van der Waals surface area contributed by atoms with Crippen LogP contribution in [0.3, 0.4) is 0 Å². The van der Waals surface area contributed by atoms with Gasteiger partial charge in [-0.25, -0.2) is 0 Å². The molecular weight excluding hydrogens is 242 g/mol. The van der Waals surface area contributed by atoms with E-state index in [1.54, 1.807) is 0 Å². The molecule has 0 bridgehead atoms. The first-order chi connectivity index (χ1) is 7.61. The number of halogens is 1. The van der Waals surface area contributed by atoms with Crippen LogP contribution in [0.1, 0.15) is 19.4 Å². The van der Waals surface area contributed by atoms with Gasteiger partial charge in [-0.1, -0.05) is 30.7 Å². The third-order valence-electron chi connectivity index (χ3n) is 2.23. The zero-order chi connectivity index (χ0) is 12.0. The average Bonchev–Trinajstić information content (AvgIpc) is 2.21. The van der Waals surface area contributed by atoms with E-state index >= 15 is 0 Å². The predicted molar refractivity (Wildman–Crippen MR) is 71.3 cm³/mol. The highest BCUT2D eigenvalue weighted by Gasteiger charge is 2.07. The molecule has 1 rings (SSSR count). The smallest absolute Gasteiger partial charge is 0.0486 e. The van der Waals surface area contributed by atoms with Crippen molar-refractivity contribution in [1.82, 2.24) is 5.32 Å². The van der Waals surface area contributed by atoms with E-state index in [-0.39, 0.29) is 0 Å². The van der Waals surface area contributed by atoms with Gasteiger partial charge in [0, 0.05) is 33.4 Å². The lowest BCUT2D eigenvalue weighted by molar-refractivity contribution is 0.607. The van der Waals surface area contributed by atoms with Crippen LogP contribution in [-0.2, 0) is 16.6 Å². The second-order valence-corrected chi connectivity index (χ2v) is 5.77. The van der Waals surface area contributed by atoms with Gasteiger partial charge >= 0.3 is 0 Å². The van der Waals surface area contributed by atoms with E-state index in [9.17, 15) is 4.21 Å². The summed E-state index contributed by atoms with van der Waals surface area (Å²) in [4.78, 5) is 0. The Morgan fingerprint density at radius 3 is 2.56 bits per heavy atom. The quantitative estimate of drug-likeness (QED) is 0.851. The molecule has 2 atom stereocenters. The molecule has 0 spiro atoms. The van der Waals surface area contributed by atoms with Crippen LogP contribution in [0.5, 0.6) is 0 Å². The number of benzene rings is 1. The SMILES string of the molecule is CCNC(C)CS(=O)Cc1ccc(Cl)cc1. The molecule has 16 heavy (non-hydrogen) atoms. The van der Waals surface area contributed by atoms with Crippen LogP contribution < -0.4 is 5.32 Å². The van der Waals surface area contributed by atoms with Crippen molar-refractivity contribution < 1.29 is 4.21 Å². The molecule has 0 fully saturated rings. The van der Waals surface area contributed by atoms with Crippen LogP contribution in [0.4, 0.5) is 0 Å². The average molecular weight is 260 g/mol. The Kier molecular flexibility index (Phi) is 6.03. The highest BCUT2D eigenvalue weighted by molar-refractivity contribution is 7.84. The molecule has 0 amide bonds. The fraction of sp³-hybridized carbons (Fsp3) is 0.500. The Hall–Kier alpha value is -0.380. The van der Waals surface area contributed by atoms with Crippen molar-refractivity contribution >= 4 is 22.4 Å². The number of hydrogen-bond acceptors (Lipinski definition) is 2. The van der Waals surface area contributed by atoms with E-state index in [4.69, 9.17) is 11.6 Å². The number of rotatable bonds is 6. The van der Waals surface area contributed by atoms with E-state index in [1.807, 2.05) is 24.3 Å². The minimum atomic E-state index is -0.815. The standard InChI is InChI=1S/C12H18ClNOS/c1-3-14-10(2)8-16(15)9-11-4-6-12(13)7-5-11/h4-7,10,14H,3,8-9H2,1-2H3. The maximum absolute atomic E-state index is 11.8. The van der Waals surface area contributed by atoms with Crippen molar-refractivity contribution in [3.8, 4) is 0 Å². The molecule has 0 heterocycles. The summed E-state index contributed by atoms with van der Waals surface area (Å²) in [6.45, 7) is 5.03. The lowest BCUT2D eigenvalue weighted by Crippen LogP contribution is -2.31. The molecule has 0 radical (unpaired) electrons. The van der Waals surface area contributed by atoms with E-state index < -0.39 is 10.8 Å². The summed E-state index contributed by atoms with van der Waals surface area (Å²) in [6, 6.07) is 7.83. The van der Waals surface area contributed by atoms with Gasteiger partial charge in [0.15, 0.2) is 0 Å². The highest BCUT2D eigenvalue weighted by atomic mass is 35.5. The van der Waals surface area contributed by atoms with Crippen molar-refractivity contribution in [2.24, 2.45) is 0 Å². The summed E-state index contributed by atoms with van der Waals surface area (Å²) in [5, 5.41) is 3.98. The summed E-state index contributed by atoms with van der Waals surface area (Å²) < 4.78 is 11.8. The van der Waals surface area contributed by atoms with Crippen molar-refractivity contribution in [3.05, 3.63) is 34.9 Å². The van der Waals surface area contributed by atoms with Crippen molar-refractivity contribution in [2.45, 2.75) is 25.6 Å². The van der Waals surface area contributed by atoms with Crippen LogP contribution in [-0.4, -0.2) is 22.5 Å². The van der Waals surface area contributed by atoms with Gasteiger partial charge in [-0.05, 0) is 31.2 Å². The Labute approximate surface area is 105 Å². The molecule has 0 aliphatic carbocycles. The minimum absolute atomic E-state index is 0.304. The summed E-state index contributed by atoms with van der Waals surface area (Å²) >= 11 is 5.79. The van der Waals surface area contributed by atoms with E-state index in [2.05, 4.69) is 19.2 Å². The van der Waals surface area contributed by atoms with Gasteiger partial charge in [-0.2, -0.15) is 0 Å². The van der Waals surface area contributed by atoms with Crippen molar-refractivity contribution in [3.63, 3.8) is 0 Å². The Morgan fingerprint density at radius 2 is 2.00 bits per heavy atom. The predicted octanol–water partition coefficient (Wildman–Crippen LogP) is 2.59. The minimum Gasteiger partial charge on any atom is -0.314 e. The van der Waals surface area contributed by atoms with Crippen molar-refractivity contribution in [1.29, 1.82) is 0 Å². The van der Waals surface area contributed by atoms with Crippen LogP contribution in [0.25, 0.3) is 0 Å². The number of nitrogens with one attached hydrogen (secondary N) is 1. The normalized spacial score (nSPS) is 14.7. The van der Waals surface area contributed by atoms with Gasteiger partial charge in [0.05, 0.1) is 0 Å². The lowest BCUT2D eigenvalue weighted by atomic mass is 10.2. The Balaban J connectivity index is 2.42. The topological polar surface area (TPSA) is 29.1 Å². The van der Waals surface area contributed by atoms with E-state index in [0.717, 1.165) is 17.1 Å². The fourth-order valence-electron chi connectivity index (χ4n) is 1.51. The highest BCUT2D eigenvalue weighted by Crippen LogP contribution is 2.11. The third kappa shape index (κ3) is 5.10. The van der Waals surface area contributed by atoms with Gasteiger partial charge in [0.1, 0.15) is 0 Å². The monoisotopic (exact) mass is 259 g/mol. The molecule has 1 aromatic rings. The first-order valence-corrected chi connectivity index (χ1v) is 7.31. The van der Waals surface area contributed by atoms with Crippen LogP contribution in [0.2, 0.25) is 5.02 Å². The second kappa shape index (κ2) is 7.05. The molecule has 4 heteroatoms. The summed E-state index contributed by atoms with van der Waals surface area (Å²) in [6.07, 6.45) is 0. The molecule has 0 saturated heterocycles. The maximum atomic E-state index is 11.8. The zero-order valence-electron chi connectivity index (χ0n) is 9.70. The van der Waals surface area contributed by atoms with Crippen LogP contribution >= 0.6 is 11.6 Å². The zero-order valence-corrected chi connectivity index (χ0v) is 11.3. The third-order valence-corrected chi connectivity index (χ3v) is 4.01. The van der Waals surface area contributed by atoms with Gasteiger partial charge in [-0.15, -0.1) is 0 Å². The second-order valence-electron chi connectivity index (χ2n) is 3.84. The van der Waals surface area contributed by atoms with Crippen molar-refractivity contribution in [2.75, 3.05) is 12.3 Å². The first kappa shape index (κ1) is 13.7. The molecule has 0 saturated carbocycles. The molecule has 2 nitrogen and oxygen atoms in total. The first-order valence-electron chi connectivity index (χ1n) is 5.44. The van der Waals surface area contributed by atoms with Crippen LogP contribution in [0, 0.1) is 0 Å². The lowest BCUT2D eigenvalue weighted by Gasteiger charge is -2.11. The summed E-state index contributed by atoms with van der Waals surface area (Å²) in [7, 11) is -0.815. The molecule has 1 aromatic carbocycles. The molecule has 0 aromatic heterocycles. The number of hydrogen-bond donors (Lipinski definition) is 1. The summed E-state index contributed by atoms with van der Waals surface area (Å²) in [5.74, 6) is 1.30. The van der Waals surface area contributed by atoms with Gasteiger partial charge in [0.2, 0.25) is 0 Å². The van der Waals surface area contributed by atoms with Gasteiger partial charge in [0.25, 0.3) is 0 Å². The molecule has 0 aliphatic heterocycles. The Bertz CT molecular complexity index is 339. The van der Waals surface area contributed by atoms with Gasteiger partial charge in [-0.3, -0.25) is 4.21 Å². The maximum Gasteiger partial charge on any atom is 0.0486 e. The molecule has 2 unspecified atom stereocenters. The Morgan fingerprint density at radius 1 is 1.38 bits per heavy atom. The molecule has 0 aliphatic rings. The molecule has 1 N–H and O–H groups in total. The van der Waals surface area contributed by atoms with Crippen LogP contribution in [0.15, 0.2) is 24.3 Å². The van der Waals surface area contributed by atoms with Gasteiger partial charge < -0.3 is 5.32 Å². The summed E-state index contributed by atoms with van der Waals surface area (Å²) in [5.41, 5.74) is 1.08. The largest absolute Gasteiger partial charge is 0.314 e. The van der Waals surface area contributed by atoms with E-state index in [0.29, 0.717) is 17.5 Å².